The van der Waals surface area contributed by atoms with Gasteiger partial charge in [0.1, 0.15) is 0 Å². The summed E-state index contributed by atoms with van der Waals surface area (Å²) in [4.78, 5) is 5.27. The monoisotopic (exact) mass is 338 g/mol. The third-order valence-electron chi connectivity index (χ3n) is 5.65. The third kappa shape index (κ3) is 7.84. The molecule has 0 unspecified atom stereocenters. The van der Waals surface area contributed by atoms with Crippen molar-refractivity contribution in [2.24, 2.45) is 11.3 Å². The molecule has 0 aromatic heterocycles. The summed E-state index contributed by atoms with van der Waals surface area (Å²) in [5, 5.41) is 0. The minimum Gasteiger partial charge on any atom is -0.375 e. The van der Waals surface area contributed by atoms with Gasteiger partial charge in [-0.1, -0.05) is 34.6 Å². The van der Waals surface area contributed by atoms with Gasteiger partial charge in [0.25, 0.3) is 0 Å². The fourth-order valence-electron chi connectivity index (χ4n) is 3.74. The Morgan fingerprint density at radius 2 is 1.29 bits per heavy atom. The molecule has 0 saturated carbocycles. The van der Waals surface area contributed by atoms with Crippen molar-refractivity contribution in [1.29, 1.82) is 0 Å². The first-order valence-corrected chi connectivity index (χ1v) is 10.4. The van der Waals surface area contributed by atoms with Crippen molar-refractivity contribution >= 4 is 0 Å². The van der Waals surface area contributed by atoms with Crippen molar-refractivity contribution in [3.8, 4) is 0 Å². The lowest BCUT2D eigenvalue weighted by Gasteiger charge is -2.37. The number of likely N-dealkylation sites (tertiary alicyclic amines) is 2. The predicted molar refractivity (Wildman–Crippen MR) is 104 cm³/mol. The van der Waals surface area contributed by atoms with Crippen molar-refractivity contribution < 1.29 is 4.74 Å². The van der Waals surface area contributed by atoms with Crippen LogP contribution < -0.4 is 0 Å². The van der Waals surface area contributed by atoms with E-state index >= 15 is 0 Å². The smallest absolute Gasteiger partial charge is 0.0603 e. The molecule has 2 rings (SSSR count). The van der Waals surface area contributed by atoms with Gasteiger partial charge in [-0.05, 0) is 62.9 Å². The maximum atomic E-state index is 6.45. The minimum absolute atomic E-state index is 0.455. The molecule has 2 aliphatic rings. The molecule has 2 aliphatic heterocycles. The summed E-state index contributed by atoms with van der Waals surface area (Å²) in [7, 11) is 0. The van der Waals surface area contributed by atoms with E-state index in [1.54, 1.807) is 0 Å². The predicted octanol–water partition coefficient (Wildman–Crippen LogP) is 4.41. The molecule has 2 fully saturated rings. The molecule has 24 heavy (non-hydrogen) atoms. The SMILES string of the molecule is CC(C)CCN1CCC(OC2CCN(CCC(C)(C)C)CC2)CC1. The molecular weight excluding hydrogens is 296 g/mol. The highest BCUT2D eigenvalue weighted by atomic mass is 16.5. The summed E-state index contributed by atoms with van der Waals surface area (Å²) >= 11 is 0. The van der Waals surface area contributed by atoms with Gasteiger partial charge in [-0.2, -0.15) is 0 Å². The van der Waals surface area contributed by atoms with Gasteiger partial charge < -0.3 is 14.5 Å². The fraction of sp³-hybridized carbons (Fsp3) is 1.00. The second kappa shape index (κ2) is 9.54. The highest BCUT2D eigenvalue weighted by molar-refractivity contribution is 4.78. The Balaban J connectivity index is 1.58. The number of hydrogen-bond donors (Lipinski definition) is 0. The van der Waals surface area contributed by atoms with E-state index < -0.39 is 0 Å². The van der Waals surface area contributed by atoms with Crippen LogP contribution in [0, 0.1) is 11.3 Å². The summed E-state index contributed by atoms with van der Waals surface area (Å²) < 4.78 is 6.45. The molecule has 3 nitrogen and oxygen atoms in total. The van der Waals surface area contributed by atoms with E-state index in [0.717, 1.165) is 5.92 Å². The zero-order chi connectivity index (χ0) is 17.6. The Morgan fingerprint density at radius 3 is 1.71 bits per heavy atom. The van der Waals surface area contributed by atoms with Crippen LogP contribution in [0.3, 0.4) is 0 Å². The molecule has 3 heteroatoms. The maximum absolute atomic E-state index is 6.45. The molecule has 2 saturated heterocycles. The molecule has 0 N–H and O–H groups in total. The van der Waals surface area contributed by atoms with E-state index in [9.17, 15) is 0 Å². The molecule has 2 heterocycles. The van der Waals surface area contributed by atoms with Crippen molar-refractivity contribution in [2.45, 2.75) is 85.4 Å². The van der Waals surface area contributed by atoms with E-state index in [-0.39, 0.29) is 0 Å². The van der Waals surface area contributed by atoms with E-state index in [4.69, 9.17) is 4.74 Å². The van der Waals surface area contributed by atoms with Crippen LogP contribution in [-0.4, -0.2) is 61.3 Å². The van der Waals surface area contributed by atoms with Gasteiger partial charge >= 0.3 is 0 Å². The van der Waals surface area contributed by atoms with E-state index in [2.05, 4.69) is 44.4 Å². The Bertz CT molecular complexity index is 334. The first kappa shape index (κ1) is 20.2. The number of rotatable bonds is 7. The lowest BCUT2D eigenvalue weighted by molar-refractivity contribution is -0.0656. The van der Waals surface area contributed by atoms with Gasteiger partial charge in [0.2, 0.25) is 0 Å². The molecular formula is C21H42N2O. The quantitative estimate of drug-likeness (QED) is 0.683. The van der Waals surface area contributed by atoms with Crippen LogP contribution in [0.4, 0.5) is 0 Å². The van der Waals surface area contributed by atoms with Crippen LogP contribution in [0.2, 0.25) is 0 Å². The number of hydrogen-bond acceptors (Lipinski definition) is 3. The molecule has 142 valence electrons. The van der Waals surface area contributed by atoms with Crippen molar-refractivity contribution in [3.63, 3.8) is 0 Å². The van der Waals surface area contributed by atoms with Crippen molar-refractivity contribution in [1.82, 2.24) is 9.80 Å². The number of piperidine rings is 2. The van der Waals surface area contributed by atoms with E-state index in [1.807, 2.05) is 0 Å². The molecule has 0 radical (unpaired) electrons. The Hall–Kier alpha value is -0.120. The number of ether oxygens (including phenoxy) is 1. The maximum Gasteiger partial charge on any atom is 0.0603 e. The normalized spacial score (nSPS) is 23.2. The average Bonchev–Trinajstić information content (AvgIpc) is 2.53. The molecule has 0 amide bonds. The molecule has 0 aromatic carbocycles. The van der Waals surface area contributed by atoms with Crippen LogP contribution >= 0.6 is 0 Å². The van der Waals surface area contributed by atoms with Gasteiger partial charge in [-0.3, -0.25) is 0 Å². The Morgan fingerprint density at radius 1 is 0.833 bits per heavy atom. The van der Waals surface area contributed by atoms with Crippen LogP contribution in [-0.2, 0) is 4.74 Å². The highest BCUT2D eigenvalue weighted by Crippen LogP contribution is 2.23. The van der Waals surface area contributed by atoms with Gasteiger partial charge in [-0.15, -0.1) is 0 Å². The third-order valence-corrected chi connectivity index (χ3v) is 5.65. The topological polar surface area (TPSA) is 15.7 Å². The Labute approximate surface area is 151 Å². The number of nitrogens with zero attached hydrogens (tertiary/aromatic N) is 2. The second-order valence-corrected chi connectivity index (χ2v) is 9.71. The van der Waals surface area contributed by atoms with Gasteiger partial charge in [-0.25, -0.2) is 0 Å². The lowest BCUT2D eigenvalue weighted by atomic mass is 9.91. The minimum atomic E-state index is 0.455. The zero-order valence-corrected chi connectivity index (χ0v) is 17.0. The molecule has 0 bridgehead atoms. The first-order valence-electron chi connectivity index (χ1n) is 10.4. The largest absolute Gasteiger partial charge is 0.375 e. The van der Waals surface area contributed by atoms with Crippen molar-refractivity contribution in [2.75, 3.05) is 39.3 Å². The summed E-state index contributed by atoms with van der Waals surface area (Å²) in [5.74, 6) is 0.822. The van der Waals surface area contributed by atoms with Crippen molar-refractivity contribution in [3.05, 3.63) is 0 Å². The first-order chi connectivity index (χ1) is 11.3. The van der Waals surface area contributed by atoms with Gasteiger partial charge in [0.05, 0.1) is 12.2 Å². The van der Waals surface area contributed by atoms with Gasteiger partial charge in [0, 0.05) is 26.2 Å². The fourth-order valence-corrected chi connectivity index (χ4v) is 3.74. The molecule has 0 spiro atoms. The highest BCUT2D eigenvalue weighted by Gasteiger charge is 2.26. The van der Waals surface area contributed by atoms with Crippen LogP contribution in [0.25, 0.3) is 0 Å². The molecule has 0 aromatic rings. The standard InChI is InChI=1S/C21H42N2O/c1-18(2)6-12-22-13-7-19(8-14-22)24-20-9-15-23(16-10-20)17-11-21(3,4)5/h18-20H,6-17H2,1-5H3. The van der Waals surface area contributed by atoms with Crippen LogP contribution in [0.5, 0.6) is 0 Å². The zero-order valence-electron chi connectivity index (χ0n) is 17.0. The summed E-state index contributed by atoms with van der Waals surface area (Å²) in [6.45, 7) is 19.1. The second-order valence-electron chi connectivity index (χ2n) is 9.71. The van der Waals surface area contributed by atoms with E-state index in [1.165, 1.54) is 77.8 Å². The average molecular weight is 339 g/mol. The lowest BCUT2D eigenvalue weighted by Crippen LogP contribution is -2.42. The summed E-state index contributed by atoms with van der Waals surface area (Å²) in [5.41, 5.74) is 0.455. The van der Waals surface area contributed by atoms with E-state index in [0.29, 0.717) is 17.6 Å². The molecule has 0 atom stereocenters. The summed E-state index contributed by atoms with van der Waals surface area (Å²) in [6, 6.07) is 0. The van der Waals surface area contributed by atoms with Gasteiger partial charge in [0.15, 0.2) is 0 Å². The molecule has 0 aliphatic carbocycles. The van der Waals surface area contributed by atoms with Crippen LogP contribution in [0.15, 0.2) is 0 Å². The van der Waals surface area contributed by atoms with Crippen LogP contribution in [0.1, 0.15) is 73.1 Å². The summed E-state index contributed by atoms with van der Waals surface area (Å²) in [6.07, 6.45) is 8.61. The Kier molecular flexibility index (Phi) is 8.03.